The molecule has 1 aliphatic carbocycles. The molecule has 1 aliphatic rings. The molecule has 1 rings (SSSR count). The lowest BCUT2D eigenvalue weighted by Crippen LogP contribution is -2.14. The summed E-state index contributed by atoms with van der Waals surface area (Å²) < 4.78 is 11.8. The highest BCUT2D eigenvalue weighted by Gasteiger charge is 2.20. The molecule has 0 aromatic heterocycles. The van der Waals surface area contributed by atoms with Crippen LogP contribution in [0.5, 0.6) is 0 Å². The molecule has 0 aromatic carbocycles. The van der Waals surface area contributed by atoms with E-state index < -0.39 is 0 Å². The summed E-state index contributed by atoms with van der Waals surface area (Å²) in [6.45, 7) is -0.173. The van der Waals surface area contributed by atoms with Crippen LogP contribution >= 0.6 is 0 Å². The molecule has 2 atom stereocenters. The first-order chi connectivity index (χ1) is 3.83. The fourth-order valence-electron chi connectivity index (χ4n) is 1.25. The summed E-state index contributed by atoms with van der Waals surface area (Å²) in [7, 11) is 0. The van der Waals surface area contributed by atoms with Crippen molar-refractivity contribution in [3.8, 4) is 0 Å². The minimum absolute atomic E-state index is 0.173. The average molecular weight is 117 g/mol. The number of halogens is 1. The summed E-state index contributed by atoms with van der Waals surface area (Å²) in [5.41, 5.74) is 5.53. The smallest absolute Gasteiger partial charge is 0.0923 e. The van der Waals surface area contributed by atoms with E-state index in [1.807, 2.05) is 0 Å². The Morgan fingerprint density at radius 2 is 2.25 bits per heavy atom. The Kier molecular flexibility index (Phi) is 1.84. The molecule has 2 heteroatoms. The van der Waals surface area contributed by atoms with Gasteiger partial charge in [0, 0.05) is 6.04 Å². The Balaban J connectivity index is 2.22. The first kappa shape index (κ1) is 6.02. The van der Waals surface area contributed by atoms with Crippen LogP contribution in [0.15, 0.2) is 0 Å². The number of hydrogen-bond acceptors (Lipinski definition) is 1. The van der Waals surface area contributed by atoms with Gasteiger partial charge in [0.2, 0.25) is 0 Å². The van der Waals surface area contributed by atoms with Crippen molar-refractivity contribution in [2.45, 2.75) is 25.3 Å². The molecular formula is C6H12FN. The van der Waals surface area contributed by atoms with Gasteiger partial charge in [0.25, 0.3) is 0 Å². The van der Waals surface area contributed by atoms with Gasteiger partial charge >= 0.3 is 0 Å². The number of rotatable bonds is 1. The zero-order valence-corrected chi connectivity index (χ0v) is 4.94. The molecule has 1 fully saturated rings. The molecule has 48 valence electrons. The predicted octanol–water partition coefficient (Wildman–Crippen LogP) is 1.08. The Morgan fingerprint density at radius 1 is 1.50 bits per heavy atom. The molecule has 0 amide bonds. The quantitative estimate of drug-likeness (QED) is 0.546. The maximum Gasteiger partial charge on any atom is 0.0923 e. The summed E-state index contributed by atoms with van der Waals surface area (Å²) in [5.74, 6) is 0.282. The molecule has 1 saturated carbocycles. The lowest BCUT2D eigenvalue weighted by atomic mass is 10.1. The standard InChI is InChI=1S/C6H12FN/c7-4-5-1-2-6(8)3-5/h5-6H,1-4,8H2. The van der Waals surface area contributed by atoms with Crippen molar-refractivity contribution < 1.29 is 4.39 Å². The van der Waals surface area contributed by atoms with Crippen LogP contribution in [0.2, 0.25) is 0 Å². The second-order valence-corrected chi connectivity index (χ2v) is 2.59. The molecule has 0 bridgehead atoms. The van der Waals surface area contributed by atoms with Crippen molar-refractivity contribution in [1.29, 1.82) is 0 Å². The van der Waals surface area contributed by atoms with Crippen LogP contribution in [-0.2, 0) is 0 Å². The summed E-state index contributed by atoms with van der Waals surface area (Å²) in [4.78, 5) is 0. The molecule has 8 heavy (non-hydrogen) atoms. The lowest BCUT2D eigenvalue weighted by molar-refractivity contribution is 0.365. The lowest BCUT2D eigenvalue weighted by Gasteiger charge is -1.99. The Morgan fingerprint density at radius 3 is 2.50 bits per heavy atom. The molecule has 0 spiro atoms. The fourth-order valence-corrected chi connectivity index (χ4v) is 1.25. The minimum Gasteiger partial charge on any atom is -0.328 e. The molecule has 0 aliphatic heterocycles. The fraction of sp³-hybridized carbons (Fsp3) is 1.00. The first-order valence-electron chi connectivity index (χ1n) is 3.14. The van der Waals surface area contributed by atoms with Crippen molar-refractivity contribution in [3.63, 3.8) is 0 Å². The van der Waals surface area contributed by atoms with Crippen LogP contribution in [0.3, 0.4) is 0 Å². The van der Waals surface area contributed by atoms with Gasteiger partial charge in [-0.3, -0.25) is 4.39 Å². The van der Waals surface area contributed by atoms with Gasteiger partial charge in [-0.05, 0) is 25.2 Å². The van der Waals surface area contributed by atoms with Crippen LogP contribution in [0.1, 0.15) is 19.3 Å². The number of nitrogens with two attached hydrogens (primary N) is 1. The molecule has 0 radical (unpaired) electrons. The van der Waals surface area contributed by atoms with Gasteiger partial charge in [0.05, 0.1) is 6.67 Å². The number of hydrogen-bond donors (Lipinski definition) is 1. The molecule has 0 aromatic rings. The highest BCUT2D eigenvalue weighted by atomic mass is 19.1. The maximum absolute atomic E-state index is 11.8. The predicted molar refractivity (Wildman–Crippen MR) is 31.3 cm³/mol. The van der Waals surface area contributed by atoms with Crippen LogP contribution in [0.4, 0.5) is 4.39 Å². The van der Waals surface area contributed by atoms with Crippen LogP contribution in [0, 0.1) is 5.92 Å². The van der Waals surface area contributed by atoms with Gasteiger partial charge in [-0.2, -0.15) is 0 Å². The van der Waals surface area contributed by atoms with E-state index >= 15 is 0 Å². The Labute approximate surface area is 49.1 Å². The summed E-state index contributed by atoms with van der Waals surface area (Å²) in [6.07, 6.45) is 2.92. The normalized spacial score (nSPS) is 38.2. The zero-order chi connectivity index (χ0) is 5.98. The van der Waals surface area contributed by atoms with Gasteiger partial charge < -0.3 is 5.73 Å². The van der Waals surface area contributed by atoms with E-state index in [1.54, 1.807) is 0 Å². The molecule has 0 saturated heterocycles. The third kappa shape index (κ3) is 1.19. The summed E-state index contributed by atoms with van der Waals surface area (Å²) in [5, 5.41) is 0. The van der Waals surface area contributed by atoms with Crippen molar-refractivity contribution in [2.75, 3.05) is 6.67 Å². The van der Waals surface area contributed by atoms with E-state index in [0.717, 1.165) is 19.3 Å². The van der Waals surface area contributed by atoms with Gasteiger partial charge in [-0.25, -0.2) is 0 Å². The van der Waals surface area contributed by atoms with E-state index in [-0.39, 0.29) is 18.6 Å². The Hall–Kier alpha value is -0.110. The van der Waals surface area contributed by atoms with Crippen LogP contribution in [0.25, 0.3) is 0 Å². The summed E-state index contributed by atoms with van der Waals surface area (Å²) in [6, 6.07) is 0.288. The van der Waals surface area contributed by atoms with Crippen LogP contribution < -0.4 is 5.73 Å². The van der Waals surface area contributed by atoms with Crippen molar-refractivity contribution in [2.24, 2.45) is 11.7 Å². The average Bonchev–Trinajstić information content (AvgIpc) is 2.14. The molecule has 0 heterocycles. The van der Waals surface area contributed by atoms with Crippen molar-refractivity contribution in [3.05, 3.63) is 0 Å². The highest BCUT2D eigenvalue weighted by molar-refractivity contribution is 4.76. The molecular weight excluding hydrogens is 105 g/mol. The van der Waals surface area contributed by atoms with E-state index in [2.05, 4.69) is 0 Å². The van der Waals surface area contributed by atoms with Crippen molar-refractivity contribution in [1.82, 2.24) is 0 Å². The second-order valence-electron chi connectivity index (χ2n) is 2.59. The molecule has 2 N–H and O–H groups in total. The topological polar surface area (TPSA) is 26.0 Å². The van der Waals surface area contributed by atoms with E-state index in [0.29, 0.717) is 0 Å². The van der Waals surface area contributed by atoms with Crippen LogP contribution in [-0.4, -0.2) is 12.7 Å². The maximum atomic E-state index is 11.8. The van der Waals surface area contributed by atoms with E-state index in [1.165, 1.54) is 0 Å². The zero-order valence-electron chi connectivity index (χ0n) is 4.94. The third-order valence-corrected chi connectivity index (χ3v) is 1.80. The first-order valence-corrected chi connectivity index (χ1v) is 3.14. The van der Waals surface area contributed by atoms with E-state index in [4.69, 9.17) is 5.73 Å². The summed E-state index contributed by atoms with van der Waals surface area (Å²) >= 11 is 0. The second kappa shape index (κ2) is 2.44. The van der Waals surface area contributed by atoms with Gasteiger partial charge in [-0.1, -0.05) is 0 Å². The van der Waals surface area contributed by atoms with Gasteiger partial charge in [-0.15, -0.1) is 0 Å². The van der Waals surface area contributed by atoms with E-state index in [9.17, 15) is 4.39 Å². The SMILES string of the molecule is NC1CCC(CF)C1. The Bertz CT molecular complexity index is 74.9. The van der Waals surface area contributed by atoms with Gasteiger partial charge in [0.15, 0.2) is 0 Å². The highest BCUT2D eigenvalue weighted by Crippen LogP contribution is 2.23. The monoisotopic (exact) mass is 117 g/mol. The third-order valence-electron chi connectivity index (χ3n) is 1.80. The molecule has 2 unspecified atom stereocenters. The van der Waals surface area contributed by atoms with Gasteiger partial charge in [0.1, 0.15) is 0 Å². The minimum atomic E-state index is -0.173. The number of alkyl halides is 1. The molecule has 1 nitrogen and oxygen atoms in total. The van der Waals surface area contributed by atoms with Crippen molar-refractivity contribution >= 4 is 0 Å². The largest absolute Gasteiger partial charge is 0.328 e.